The third-order valence-electron chi connectivity index (χ3n) is 3.30. The predicted molar refractivity (Wildman–Crippen MR) is 71.4 cm³/mol. The van der Waals surface area contributed by atoms with Gasteiger partial charge in [-0.15, -0.1) is 0 Å². The Morgan fingerprint density at radius 3 is 2.95 bits per heavy atom. The quantitative estimate of drug-likeness (QED) is 0.826. The van der Waals surface area contributed by atoms with Crippen LogP contribution in [0.25, 0.3) is 0 Å². The minimum atomic E-state index is -3.62. The molecule has 8 heteroatoms. The van der Waals surface area contributed by atoms with Crippen molar-refractivity contribution in [2.24, 2.45) is 5.92 Å². The molecule has 0 bridgehead atoms. The number of nitrogens with zero attached hydrogens (tertiary/aromatic N) is 2. The summed E-state index contributed by atoms with van der Waals surface area (Å²) in [5.41, 5.74) is 0. The summed E-state index contributed by atoms with van der Waals surface area (Å²) >= 11 is 0. The number of H-pyrrole nitrogens is 1. The van der Waals surface area contributed by atoms with Crippen LogP contribution in [0, 0.1) is 12.8 Å². The number of hydrogen-bond donors (Lipinski definition) is 1. The van der Waals surface area contributed by atoms with E-state index in [4.69, 9.17) is 4.74 Å². The number of carbonyl (C=O) groups is 1. The molecule has 1 fully saturated rings. The standard InChI is InChI=1S/C12H19N3O4S/c1-3-19-12(16)10-5-4-6-15(8-10)20(17,18)11-7-13-9(2)14-11/h7,10H,3-6,8H2,1-2H3,(H,13,14). The molecule has 7 nitrogen and oxygen atoms in total. The lowest BCUT2D eigenvalue weighted by Crippen LogP contribution is -2.42. The Morgan fingerprint density at radius 2 is 2.35 bits per heavy atom. The molecule has 20 heavy (non-hydrogen) atoms. The lowest BCUT2D eigenvalue weighted by molar-refractivity contribution is -0.149. The molecule has 1 atom stereocenters. The number of rotatable bonds is 4. The lowest BCUT2D eigenvalue weighted by atomic mass is 10.0. The topological polar surface area (TPSA) is 92.4 Å². The molecule has 0 radical (unpaired) electrons. The summed E-state index contributed by atoms with van der Waals surface area (Å²) < 4.78 is 31.2. The molecule has 0 aliphatic carbocycles. The second-order valence-corrected chi connectivity index (χ2v) is 6.69. The van der Waals surface area contributed by atoms with E-state index in [0.29, 0.717) is 31.8 Å². The van der Waals surface area contributed by atoms with Crippen LogP contribution in [-0.4, -0.2) is 48.4 Å². The van der Waals surface area contributed by atoms with E-state index in [1.165, 1.54) is 10.5 Å². The zero-order valence-electron chi connectivity index (χ0n) is 11.6. The maximum atomic E-state index is 12.4. The molecule has 0 aromatic carbocycles. The first-order valence-corrected chi connectivity index (χ1v) is 8.07. The van der Waals surface area contributed by atoms with Gasteiger partial charge in [0.2, 0.25) is 0 Å². The zero-order chi connectivity index (χ0) is 14.8. The van der Waals surface area contributed by atoms with Gasteiger partial charge >= 0.3 is 5.97 Å². The Kier molecular flexibility index (Phi) is 4.44. The van der Waals surface area contributed by atoms with Crippen LogP contribution in [0.4, 0.5) is 0 Å². The van der Waals surface area contributed by atoms with Gasteiger partial charge in [-0.1, -0.05) is 0 Å². The molecule has 1 N–H and O–H groups in total. The number of piperidine rings is 1. The Balaban J connectivity index is 2.14. The van der Waals surface area contributed by atoms with Crippen molar-refractivity contribution in [3.8, 4) is 0 Å². The van der Waals surface area contributed by atoms with Crippen LogP contribution in [0.3, 0.4) is 0 Å². The number of imidazole rings is 1. The third kappa shape index (κ3) is 3.01. The number of aromatic nitrogens is 2. The average molecular weight is 301 g/mol. The highest BCUT2D eigenvalue weighted by atomic mass is 32.2. The molecule has 1 saturated heterocycles. The molecule has 2 heterocycles. The summed E-state index contributed by atoms with van der Waals surface area (Å²) in [5.74, 6) is -0.168. The fourth-order valence-corrected chi connectivity index (χ4v) is 3.77. The zero-order valence-corrected chi connectivity index (χ0v) is 12.4. The van der Waals surface area contributed by atoms with Crippen LogP contribution in [0.2, 0.25) is 0 Å². The first-order chi connectivity index (χ1) is 9.45. The number of hydrogen-bond acceptors (Lipinski definition) is 5. The van der Waals surface area contributed by atoms with Gasteiger partial charge in [-0.3, -0.25) is 4.79 Å². The summed E-state index contributed by atoms with van der Waals surface area (Å²) in [5, 5.41) is 0.0690. The highest BCUT2D eigenvalue weighted by molar-refractivity contribution is 7.89. The van der Waals surface area contributed by atoms with Crippen LogP contribution in [0.15, 0.2) is 11.2 Å². The van der Waals surface area contributed by atoms with Gasteiger partial charge in [0.15, 0.2) is 5.03 Å². The minimum absolute atomic E-state index is 0.0690. The van der Waals surface area contributed by atoms with E-state index in [2.05, 4.69) is 9.97 Å². The summed E-state index contributed by atoms with van der Waals surface area (Å²) in [4.78, 5) is 18.4. The monoisotopic (exact) mass is 301 g/mol. The largest absolute Gasteiger partial charge is 0.466 e. The van der Waals surface area contributed by atoms with E-state index >= 15 is 0 Å². The summed E-state index contributed by atoms with van der Waals surface area (Å²) in [6.07, 6.45) is 2.61. The van der Waals surface area contributed by atoms with Crippen molar-refractivity contribution in [1.29, 1.82) is 0 Å². The van der Waals surface area contributed by atoms with E-state index < -0.39 is 10.0 Å². The van der Waals surface area contributed by atoms with Crippen LogP contribution in [-0.2, 0) is 19.6 Å². The fraction of sp³-hybridized carbons (Fsp3) is 0.667. The Morgan fingerprint density at radius 1 is 1.60 bits per heavy atom. The molecule has 1 aromatic rings. The lowest BCUT2D eigenvalue weighted by Gasteiger charge is -2.30. The van der Waals surface area contributed by atoms with E-state index in [-0.39, 0.29) is 23.5 Å². The number of sulfonamides is 1. The van der Waals surface area contributed by atoms with E-state index in [1.807, 2.05) is 0 Å². The second-order valence-electron chi connectivity index (χ2n) is 4.79. The van der Waals surface area contributed by atoms with Crippen LogP contribution in [0.1, 0.15) is 25.6 Å². The molecule has 1 unspecified atom stereocenters. The molecule has 0 spiro atoms. The molecular formula is C12H19N3O4S. The summed E-state index contributed by atoms with van der Waals surface area (Å²) in [7, 11) is -3.62. The minimum Gasteiger partial charge on any atom is -0.466 e. The highest BCUT2D eigenvalue weighted by Crippen LogP contribution is 2.23. The summed E-state index contributed by atoms with van der Waals surface area (Å²) in [6.45, 7) is 4.32. The molecular weight excluding hydrogens is 282 g/mol. The Labute approximate surface area is 118 Å². The van der Waals surface area contributed by atoms with E-state index in [1.54, 1.807) is 13.8 Å². The van der Waals surface area contributed by atoms with Crippen molar-refractivity contribution >= 4 is 16.0 Å². The van der Waals surface area contributed by atoms with Crippen molar-refractivity contribution in [3.05, 3.63) is 12.0 Å². The average Bonchev–Trinajstić information content (AvgIpc) is 2.86. The first-order valence-electron chi connectivity index (χ1n) is 6.63. The fourth-order valence-electron chi connectivity index (χ4n) is 2.28. The van der Waals surface area contributed by atoms with Gasteiger partial charge in [0, 0.05) is 13.1 Å². The van der Waals surface area contributed by atoms with E-state index in [0.717, 1.165) is 0 Å². The van der Waals surface area contributed by atoms with Gasteiger partial charge in [-0.05, 0) is 26.7 Å². The van der Waals surface area contributed by atoms with Gasteiger partial charge < -0.3 is 9.72 Å². The number of aryl methyl sites for hydroxylation is 1. The second kappa shape index (κ2) is 5.92. The number of esters is 1. The number of ether oxygens (including phenoxy) is 1. The third-order valence-corrected chi connectivity index (χ3v) is 5.08. The van der Waals surface area contributed by atoms with Crippen LogP contribution >= 0.6 is 0 Å². The van der Waals surface area contributed by atoms with Gasteiger partial charge in [0.05, 0.1) is 18.7 Å². The number of carbonyl (C=O) groups excluding carboxylic acids is 1. The smallest absolute Gasteiger partial charge is 0.310 e. The van der Waals surface area contributed by atoms with Gasteiger partial charge in [-0.25, -0.2) is 13.4 Å². The highest BCUT2D eigenvalue weighted by Gasteiger charge is 2.34. The van der Waals surface area contributed by atoms with Crippen LogP contribution < -0.4 is 0 Å². The maximum Gasteiger partial charge on any atom is 0.310 e. The SMILES string of the molecule is CCOC(=O)C1CCCN(S(=O)(=O)c2cnc(C)[nH]2)C1. The molecule has 1 aliphatic rings. The van der Waals surface area contributed by atoms with Crippen molar-refractivity contribution in [2.75, 3.05) is 19.7 Å². The van der Waals surface area contributed by atoms with Crippen molar-refractivity contribution in [2.45, 2.75) is 31.7 Å². The normalized spacial score (nSPS) is 20.8. The molecule has 2 rings (SSSR count). The first kappa shape index (κ1) is 15.0. The molecule has 112 valence electrons. The number of aromatic amines is 1. The Bertz CT molecular complexity index is 581. The van der Waals surface area contributed by atoms with Crippen molar-refractivity contribution in [1.82, 2.24) is 14.3 Å². The molecule has 1 aliphatic heterocycles. The van der Waals surface area contributed by atoms with Crippen molar-refractivity contribution in [3.63, 3.8) is 0 Å². The Hall–Kier alpha value is -1.41. The molecule has 0 amide bonds. The van der Waals surface area contributed by atoms with E-state index in [9.17, 15) is 13.2 Å². The van der Waals surface area contributed by atoms with Gasteiger partial charge in [0.1, 0.15) is 5.82 Å². The van der Waals surface area contributed by atoms with Crippen molar-refractivity contribution < 1.29 is 17.9 Å². The van der Waals surface area contributed by atoms with Gasteiger partial charge in [-0.2, -0.15) is 4.31 Å². The predicted octanol–water partition coefficient (Wildman–Crippen LogP) is 0.682. The van der Waals surface area contributed by atoms with Gasteiger partial charge in [0.25, 0.3) is 10.0 Å². The molecule has 0 saturated carbocycles. The maximum absolute atomic E-state index is 12.4. The number of nitrogens with one attached hydrogen (secondary N) is 1. The molecule has 1 aromatic heterocycles. The van der Waals surface area contributed by atoms with Crippen LogP contribution in [0.5, 0.6) is 0 Å². The summed E-state index contributed by atoms with van der Waals surface area (Å²) in [6, 6.07) is 0.